The molecule has 2 amide bonds. The highest BCUT2D eigenvalue weighted by Gasteiger charge is 2.10. The normalized spacial score (nSPS) is 12.4. The van der Waals surface area contributed by atoms with Crippen LogP contribution in [0.4, 0.5) is 0 Å². The zero-order valence-corrected chi connectivity index (χ0v) is 9.64. The van der Waals surface area contributed by atoms with Crippen molar-refractivity contribution in [2.75, 3.05) is 6.54 Å². The largest absolute Gasteiger partial charge is 0.352 e. The molecule has 1 atom stereocenters. The van der Waals surface area contributed by atoms with Crippen LogP contribution in [0, 0.1) is 0 Å². The second-order valence-corrected chi connectivity index (χ2v) is 4.43. The van der Waals surface area contributed by atoms with Gasteiger partial charge in [-0.1, -0.05) is 15.9 Å². The van der Waals surface area contributed by atoms with Crippen LogP contribution in [0.5, 0.6) is 0 Å². The van der Waals surface area contributed by atoms with E-state index in [2.05, 4.69) is 26.6 Å². The van der Waals surface area contributed by atoms with Crippen molar-refractivity contribution in [2.45, 2.75) is 31.6 Å². The lowest BCUT2D eigenvalue weighted by molar-refractivity contribution is -0.125. The summed E-state index contributed by atoms with van der Waals surface area (Å²) in [4.78, 5) is 21.8. The fourth-order valence-corrected chi connectivity index (χ4v) is 0.843. The van der Waals surface area contributed by atoms with Crippen LogP contribution in [0.25, 0.3) is 0 Å². The maximum absolute atomic E-state index is 11.0. The molecule has 76 valence electrons. The lowest BCUT2D eigenvalue weighted by Gasteiger charge is -2.09. The van der Waals surface area contributed by atoms with Crippen molar-refractivity contribution in [1.29, 1.82) is 0 Å². The van der Waals surface area contributed by atoms with Crippen LogP contribution < -0.4 is 10.6 Å². The molecule has 0 bridgehead atoms. The molecule has 13 heavy (non-hydrogen) atoms. The van der Waals surface area contributed by atoms with Gasteiger partial charge in [0.15, 0.2) is 0 Å². The Labute approximate surface area is 86.6 Å². The number of halogens is 1. The number of carbonyl (C=O) groups excluding carboxylic acids is 2. The standard InChI is InChI=1S/C8H15BrN2O2/c1-5(2)11-7(12)4-10-8(13)6(3)9/h5-6H,4H2,1-3H3,(H,10,13)(H,11,12). The smallest absolute Gasteiger partial charge is 0.239 e. The van der Waals surface area contributed by atoms with E-state index in [4.69, 9.17) is 0 Å². The average molecular weight is 251 g/mol. The Morgan fingerprint density at radius 1 is 1.31 bits per heavy atom. The molecule has 0 aliphatic rings. The zero-order chi connectivity index (χ0) is 10.4. The topological polar surface area (TPSA) is 58.2 Å². The summed E-state index contributed by atoms with van der Waals surface area (Å²) in [5.41, 5.74) is 0. The Kier molecular flexibility index (Phi) is 5.70. The molecule has 5 heteroatoms. The van der Waals surface area contributed by atoms with Gasteiger partial charge < -0.3 is 10.6 Å². The minimum absolute atomic E-state index is 0.0347. The Morgan fingerprint density at radius 2 is 1.85 bits per heavy atom. The van der Waals surface area contributed by atoms with Crippen LogP contribution >= 0.6 is 15.9 Å². The molecular weight excluding hydrogens is 236 g/mol. The van der Waals surface area contributed by atoms with E-state index in [1.54, 1.807) is 6.92 Å². The number of amides is 2. The van der Waals surface area contributed by atoms with Crippen LogP contribution in [-0.4, -0.2) is 29.2 Å². The molecule has 2 N–H and O–H groups in total. The number of rotatable bonds is 4. The summed E-state index contributed by atoms with van der Waals surface area (Å²) in [7, 11) is 0. The van der Waals surface area contributed by atoms with Gasteiger partial charge in [-0.15, -0.1) is 0 Å². The summed E-state index contributed by atoms with van der Waals surface area (Å²) in [5, 5.41) is 5.16. The minimum atomic E-state index is -0.264. The van der Waals surface area contributed by atoms with Crippen LogP contribution in [0.2, 0.25) is 0 Å². The third kappa shape index (κ3) is 6.57. The second-order valence-electron chi connectivity index (χ2n) is 3.06. The third-order valence-corrected chi connectivity index (χ3v) is 1.65. The second kappa shape index (κ2) is 5.96. The van der Waals surface area contributed by atoms with Crippen molar-refractivity contribution in [3.63, 3.8) is 0 Å². The molecular formula is C8H15BrN2O2. The fourth-order valence-electron chi connectivity index (χ4n) is 0.681. The first kappa shape index (κ1) is 12.4. The van der Waals surface area contributed by atoms with Crippen molar-refractivity contribution in [3.8, 4) is 0 Å². The molecule has 0 fully saturated rings. The molecule has 0 aromatic rings. The first-order valence-corrected chi connectivity index (χ1v) is 5.06. The SMILES string of the molecule is CC(C)NC(=O)CNC(=O)C(C)Br. The maximum Gasteiger partial charge on any atom is 0.239 e. The molecule has 0 aromatic heterocycles. The summed E-state index contributed by atoms with van der Waals surface area (Å²) in [6, 6.07) is 0.103. The number of nitrogens with one attached hydrogen (secondary N) is 2. The first-order valence-electron chi connectivity index (χ1n) is 4.14. The van der Waals surface area contributed by atoms with Gasteiger partial charge in [-0.05, 0) is 20.8 Å². The van der Waals surface area contributed by atoms with E-state index < -0.39 is 0 Å². The van der Waals surface area contributed by atoms with Gasteiger partial charge in [-0.3, -0.25) is 9.59 Å². The van der Waals surface area contributed by atoms with E-state index >= 15 is 0 Å². The molecule has 0 saturated carbocycles. The summed E-state index contributed by atoms with van der Waals surface area (Å²) in [6.45, 7) is 5.47. The minimum Gasteiger partial charge on any atom is -0.352 e. The molecule has 0 aromatic carbocycles. The summed E-state index contributed by atoms with van der Waals surface area (Å²) < 4.78 is 0. The van der Waals surface area contributed by atoms with E-state index in [-0.39, 0.29) is 29.2 Å². The summed E-state index contributed by atoms with van der Waals surface area (Å²) in [5.74, 6) is -0.351. The van der Waals surface area contributed by atoms with Gasteiger partial charge in [0, 0.05) is 6.04 Å². The van der Waals surface area contributed by atoms with E-state index in [9.17, 15) is 9.59 Å². The zero-order valence-electron chi connectivity index (χ0n) is 8.06. The van der Waals surface area contributed by atoms with Crippen molar-refractivity contribution in [2.24, 2.45) is 0 Å². The first-order chi connectivity index (χ1) is 5.93. The van der Waals surface area contributed by atoms with Gasteiger partial charge in [-0.2, -0.15) is 0 Å². The predicted molar refractivity (Wildman–Crippen MR) is 54.7 cm³/mol. The quantitative estimate of drug-likeness (QED) is 0.711. The van der Waals surface area contributed by atoms with Crippen LogP contribution in [-0.2, 0) is 9.59 Å². The molecule has 0 heterocycles. The highest BCUT2D eigenvalue weighted by molar-refractivity contribution is 9.10. The van der Waals surface area contributed by atoms with Gasteiger partial charge in [0.1, 0.15) is 0 Å². The summed E-state index contributed by atoms with van der Waals surface area (Å²) >= 11 is 3.10. The van der Waals surface area contributed by atoms with Gasteiger partial charge in [0.2, 0.25) is 11.8 Å². The monoisotopic (exact) mass is 250 g/mol. The van der Waals surface area contributed by atoms with Gasteiger partial charge in [0.25, 0.3) is 0 Å². The van der Waals surface area contributed by atoms with Crippen molar-refractivity contribution < 1.29 is 9.59 Å². The number of carbonyl (C=O) groups is 2. The third-order valence-electron chi connectivity index (χ3n) is 1.23. The van der Waals surface area contributed by atoms with E-state index in [0.29, 0.717) is 0 Å². The fraction of sp³-hybridized carbons (Fsp3) is 0.750. The highest BCUT2D eigenvalue weighted by Crippen LogP contribution is 1.95. The molecule has 0 aliphatic carbocycles. The van der Waals surface area contributed by atoms with Gasteiger partial charge in [-0.25, -0.2) is 0 Å². The molecule has 0 rings (SSSR count). The Hall–Kier alpha value is -0.580. The maximum atomic E-state index is 11.0. The Bertz CT molecular complexity index is 193. The van der Waals surface area contributed by atoms with Crippen molar-refractivity contribution in [1.82, 2.24) is 10.6 Å². The Morgan fingerprint density at radius 3 is 2.23 bits per heavy atom. The number of hydrogen-bond donors (Lipinski definition) is 2. The van der Waals surface area contributed by atoms with Crippen LogP contribution in [0.15, 0.2) is 0 Å². The average Bonchev–Trinajstić information content (AvgIpc) is 1.98. The summed E-state index contributed by atoms with van der Waals surface area (Å²) in [6.07, 6.45) is 0. The molecule has 0 radical (unpaired) electrons. The van der Waals surface area contributed by atoms with Crippen molar-refractivity contribution >= 4 is 27.7 Å². The lowest BCUT2D eigenvalue weighted by Crippen LogP contribution is -2.41. The molecule has 0 saturated heterocycles. The number of hydrogen-bond acceptors (Lipinski definition) is 2. The predicted octanol–water partition coefficient (Wildman–Crippen LogP) is 0.411. The highest BCUT2D eigenvalue weighted by atomic mass is 79.9. The Balaban J connectivity index is 3.64. The molecule has 1 unspecified atom stereocenters. The van der Waals surface area contributed by atoms with Gasteiger partial charge >= 0.3 is 0 Å². The lowest BCUT2D eigenvalue weighted by atomic mass is 10.4. The number of alkyl halides is 1. The molecule has 0 aliphatic heterocycles. The van der Waals surface area contributed by atoms with Crippen molar-refractivity contribution in [3.05, 3.63) is 0 Å². The molecule has 4 nitrogen and oxygen atoms in total. The van der Waals surface area contributed by atoms with Crippen LogP contribution in [0.3, 0.4) is 0 Å². The van der Waals surface area contributed by atoms with Gasteiger partial charge in [0.05, 0.1) is 11.4 Å². The van der Waals surface area contributed by atoms with E-state index in [1.807, 2.05) is 13.8 Å². The van der Waals surface area contributed by atoms with Crippen LogP contribution in [0.1, 0.15) is 20.8 Å². The molecule has 0 spiro atoms. The van der Waals surface area contributed by atoms with E-state index in [0.717, 1.165) is 0 Å². The van der Waals surface area contributed by atoms with E-state index in [1.165, 1.54) is 0 Å².